The van der Waals surface area contributed by atoms with E-state index < -0.39 is 0 Å². The Kier molecular flexibility index (Phi) is 6.22. The summed E-state index contributed by atoms with van der Waals surface area (Å²) in [6.07, 6.45) is 0.903. The molecule has 0 aromatic rings. The second-order valence-electron chi connectivity index (χ2n) is 4.21. The molecule has 2 unspecified atom stereocenters. The maximum atomic E-state index is 9.13. The Morgan fingerprint density at radius 2 is 2.00 bits per heavy atom. The molecular weight excluding hydrogens is 192 g/mol. The van der Waals surface area contributed by atoms with Crippen LogP contribution in [0.15, 0.2) is 0 Å². The molecule has 0 spiro atoms. The van der Waals surface area contributed by atoms with E-state index in [0.29, 0.717) is 11.3 Å². The molecule has 0 heterocycles. The molecule has 0 aliphatic carbocycles. The Labute approximate surface area is 92.5 Å². The largest absolute Gasteiger partial charge is 0.297 e. The lowest BCUT2D eigenvalue weighted by Gasteiger charge is -2.28. The van der Waals surface area contributed by atoms with Crippen LogP contribution in [0.1, 0.15) is 41.0 Å². The van der Waals surface area contributed by atoms with Gasteiger partial charge in [0.15, 0.2) is 0 Å². The molecule has 0 bridgehead atoms. The van der Waals surface area contributed by atoms with Gasteiger partial charge in [0.1, 0.15) is 5.54 Å². The van der Waals surface area contributed by atoms with Gasteiger partial charge in [0.2, 0.25) is 0 Å². The van der Waals surface area contributed by atoms with Gasteiger partial charge in [0.05, 0.1) is 6.07 Å². The molecule has 82 valence electrons. The van der Waals surface area contributed by atoms with Crippen LogP contribution in [0.25, 0.3) is 0 Å². The predicted molar refractivity (Wildman–Crippen MR) is 64.5 cm³/mol. The van der Waals surface area contributed by atoms with E-state index in [0.717, 1.165) is 12.2 Å². The number of hydrogen-bond acceptors (Lipinski definition) is 3. The Bertz CT molecular complexity index is 198. The highest BCUT2D eigenvalue weighted by Gasteiger charge is 2.26. The molecule has 1 N–H and O–H groups in total. The maximum Gasteiger partial charge on any atom is 0.105 e. The molecule has 3 heteroatoms. The van der Waals surface area contributed by atoms with E-state index in [9.17, 15) is 0 Å². The summed E-state index contributed by atoms with van der Waals surface area (Å²) in [5, 5.41) is 13.0. The summed E-state index contributed by atoms with van der Waals surface area (Å²) in [4.78, 5) is 0. The molecule has 0 saturated heterocycles. The van der Waals surface area contributed by atoms with Crippen molar-refractivity contribution in [1.29, 1.82) is 5.26 Å². The highest BCUT2D eigenvalue weighted by Crippen LogP contribution is 2.21. The third kappa shape index (κ3) is 5.51. The van der Waals surface area contributed by atoms with E-state index in [1.165, 1.54) is 0 Å². The van der Waals surface area contributed by atoms with E-state index in [-0.39, 0.29) is 5.54 Å². The Balaban J connectivity index is 4.19. The van der Waals surface area contributed by atoms with Crippen molar-refractivity contribution < 1.29 is 0 Å². The van der Waals surface area contributed by atoms with Crippen LogP contribution in [-0.4, -0.2) is 22.6 Å². The van der Waals surface area contributed by atoms with Crippen LogP contribution in [-0.2, 0) is 0 Å². The fraction of sp³-hybridized carbons (Fsp3) is 0.909. The molecule has 0 fully saturated rings. The second-order valence-corrected chi connectivity index (χ2v) is 5.93. The first-order valence-electron chi connectivity index (χ1n) is 5.24. The van der Waals surface area contributed by atoms with Crippen LogP contribution in [0.3, 0.4) is 0 Å². The minimum atomic E-state index is -0.379. The zero-order valence-corrected chi connectivity index (χ0v) is 10.7. The monoisotopic (exact) mass is 214 g/mol. The fourth-order valence-corrected chi connectivity index (χ4v) is 2.71. The van der Waals surface area contributed by atoms with Crippen LogP contribution in [0, 0.1) is 11.3 Å². The molecule has 0 saturated carbocycles. The maximum absolute atomic E-state index is 9.13. The van der Waals surface area contributed by atoms with Gasteiger partial charge in [-0.3, -0.25) is 5.32 Å². The van der Waals surface area contributed by atoms with Crippen molar-refractivity contribution in [3.8, 4) is 6.07 Å². The van der Waals surface area contributed by atoms with Crippen molar-refractivity contribution in [2.75, 3.05) is 5.75 Å². The molecule has 2 nitrogen and oxygen atoms in total. The average Bonchev–Trinajstić information content (AvgIpc) is 2.02. The Morgan fingerprint density at radius 1 is 1.43 bits per heavy atom. The van der Waals surface area contributed by atoms with Gasteiger partial charge in [0.25, 0.3) is 0 Å². The first kappa shape index (κ1) is 13.8. The lowest BCUT2D eigenvalue weighted by atomic mass is 9.97. The lowest BCUT2D eigenvalue weighted by molar-refractivity contribution is 0.382. The van der Waals surface area contributed by atoms with Crippen LogP contribution in [0.5, 0.6) is 0 Å². The number of thioether (sulfide) groups is 1. The number of nitriles is 1. The molecule has 0 amide bonds. The zero-order chi connectivity index (χ0) is 11.2. The van der Waals surface area contributed by atoms with Crippen molar-refractivity contribution in [2.24, 2.45) is 0 Å². The molecule has 0 aromatic heterocycles. The molecule has 2 atom stereocenters. The third-order valence-corrected chi connectivity index (χ3v) is 3.07. The van der Waals surface area contributed by atoms with E-state index >= 15 is 0 Å². The first-order chi connectivity index (χ1) is 6.43. The number of nitrogens with one attached hydrogen (secondary N) is 1. The normalized spacial score (nSPS) is 17.5. The van der Waals surface area contributed by atoms with Crippen molar-refractivity contribution in [3.63, 3.8) is 0 Å². The minimum Gasteiger partial charge on any atom is -0.297 e. The molecule has 0 radical (unpaired) electrons. The highest BCUT2D eigenvalue weighted by molar-refractivity contribution is 7.99. The molecule has 0 rings (SSSR count). The highest BCUT2D eigenvalue weighted by atomic mass is 32.2. The minimum absolute atomic E-state index is 0.360. The van der Waals surface area contributed by atoms with E-state index in [4.69, 9.17) is 5.26 Å². The Hall–Kier alpha value is -0.200. The topological polar surface area (TPSA) is 35.8 Å². The van der Waals surface area contributed by atoms with Crippen molar-refractivity contribution >= 4 is 11.8 Å². The van der Waals surface area contributed by atoms with Gasteiger partial charge in [-0.05, 0) is 32.9 Å². The summed E-state index contributed by atoms with van der Waals surface area (Å²) in [5.74, 6) is 1.12. The van der Waals surface area contributed by atoms with Crippen LogP contribution in [0.4, 0.5) is 0 Å². The summed E-state index contributed by atoms with van der Waals surface area (Å²) >= 11 is 1.91. The van der Waals surface area contributed by atoms with Gasteiger partial charge in [-0.1, -0.05) is 13.8 Å². The number of rotatable bonds is 6. The van der Waals surface area contributed by atoms with Crippen LogP contribution in [0.2, 0.25) is 0 Å². The van der Waals surface area contributed by atoms with Crippen molar-refractivity contribution in [3.05, 3.63) is 0 Å². The summed E-state index contributed by atoms with van der Waals surface area (Å²) < 4.78 is 0. The van der Waals surface area contributed by atoms with Gasteiger partial charge in [-0.25, -0.2) is 0 Å². The fourth-order valence-electron chi connectivity index (χ4n) is 1.69. The molecular formula is C11H22N2S. The van der Waals surface area contributed by atoms with Crippen LogP contribution >= 0.6 is 11.8 Å². The van der Waals surface area contributed by atoms with Gasteiger partial charge in [-0.15, -0.1) is 0 Å². The standard InChI is InChI=1S/C11H22N2S/c1-6-14-10(4)7-11(5,8-12)13-9(2)3/h9-10,13H,6-7H2,1-5H3. The summed E-state index contributed by atoms with van der Waals surface area (Å²) in [6.45, 7) is 10.5. The second kappa shape index (κ2) is 6.31. The van der Waals surface area contributed by atoms with Crippen molar-refractivity contribution in [1.82, 2.24) is 5.32 Å². The predicted octanol–water partition coefficient (Wildman–Crippen LogP) is 2.80. The molecule has 14 heavy (non-hydrogen) atoms. The van der Waals surface area contributed by atoms with Crippen LogP contribution < -0.4 is 5.32 Å². The van der Waals surface area contributed by atoms with Gasteiger partial charge >= 0.3 is 0 Å². The van der Waals surface area contributed by atoms with Gasteiger partial charge < -0.3 is 0 Å². The molecule has 0 aromatic carbocycles. The third-order valence-electron chi connectivity index (χ3n) is 2.00. The average molecular weight is 214 g/mol. The zero-order valence-electron chi connectivity index (χ0n) is 9.92. The summed E-state index contributed by atoms with van der Waals surface area (Å²) in [7, 11) is 0. The smallest absolute Gasteiger partial charge is 0.105 e. The lowest BCUT2D eigenvalue weighted by Crippen LogP contribution is -2.46. The van der Waals surface area contributed by atoms with E-state index in [1.54, 1.807) is 0 Å². The van der Waals surface area contributed by atoms with Crippen molar-refractivity contribution in [2.45, 2.75) is 57.9 Å². The van der Waals surface area contributed by atoms with E-state index in [2.05, 4.69) is 39.1 Å². The number of hydrogen-bond donors (Lipinski definition) is 1. The molecule has 0 aliphatic heterocycles. The van der Waals surface area contributed by atoms with Gasteiger partial charge in [0, 0.05) is 11.3 Å². The molecule has 0 aliphatic rings. The first-order valence-corrected chi connectivity index (χ1v) is 6.29. The number of nitrogens with zero attached hydrogens (tertiary/aromatic N) is 1. The summed E-state index contributed by atoms with van der Waals surface area (Å²) in [5.41, 5.74) is -0.379. The summed E-state index contributed by atoms with van der Waals surface area (Å²) in [6, 6.07) is 2.73. The van der Waals surface area contributed by atoms with E-state index in [1.807, 2.05) is 18.7 Å². The van der Waals surface area contributed by atoms with Gasteiger partial charge in [-0.2, -0.15) is 17.0 Å². The SMILES string of the molecule is CCSC(C)CC(C)(C#N)NC(C)C. The Morgan fingerprint density at radius 3 is 2.36 bits per heavy atom. The quantitative estimate of drug-likeness (QED) is 0.738.